The molecule has 1 saturated heterocycles. The van der Waals surface area contributed by atoms with Gasteiger partial charge >= 0.3 is 0 Å². The van der Waals surface area contributed by atoms with E-state index < -0.39 is 5.79 Å². The topological polar surface area (TPSA) is 38.7 Å². The second-order valence-electron chi connectivity index (χ2n) is 4.49. The van der Waals surface area contributed by atoms with E-state index in [0.29, 0.717) is 13.0 Å². The zero-order chi connectivity index (χ0) is 11.6. The van der Waals surface area contributed by atoms with Crippen LogP contribution in [0.4, 0.5) is 0 Å². The van der Waals surface area contributed by atoms with Crippen molar-refractivity contribution in [2.75, 3.05) is 13.2 Å². The van der Waals surface area contributed by atoms with Crippen LogP contribution in [0.3, 0.4) is 0 Å². The first-order valence-corrected chi connectivity index (χ1v) is 5.63. The van der Waals surface area contributed by atoms with Gasteiger partial charge in [-0.05, 0) is 31.4 Å². The summed E-state index contributed by atoms with van der Waals surface area (Å²) < 4.78 is 11.4. The molecule has 1 unspecified atom stereocenters. The van der Waals surface area contributed by atoms with Gasteiger partial charge in [0.05, 0.1) is 6.61 Å². The highest BCUT2D eigenvalue weighted by atomic mass is 16.7. The number of hydrogen-bond donors (Lipinski definition) is 1. The molecule has 1 N–H and O–H groups in total. The zero-order valence-corrected chi connectivity index (χ0v) is 9.77. The molecule has 1 aromatic rings. The number of aliphatic hydroxyl groups excluding tert-OH is 1. The Kier molecular flexibility index (Phi) is 3.28. The molecule has 1 aliphatic heterocycles. The second-order valence-corrected chi connectivity index (χ2v) is 4.49. The summed E-state index contributed by atoms with van der Waals surface area (Å²) in [6.45, 7) is 4.58. The number of ether oxygens (including phenoxy) is 2. The van der Waals surface area contributed by atoms with Gasteiger partial charge < -0.3 is 14.6 Å². The molecule has 1 aliphatic rings. The molecule has 1 atom stereocenters. The van der Waals surface area contributed by atoms with Crippen LogP contribution < -0.4 is 0 Å². The van der Waals surface area contributed by atoms with Crippen LogP contribution in [-0.2, 0) is 15.9 Å². The Balaban J connectivity index is 2.20. The summed E-state index contributed by atoms with van der Waals surface area (Å²) in [5.41, 5.74) is 2.26. The molecule has 1 fully saturated rings. The Morgan fingerprint density at radius 3 is 2.75 bits per heavy atom. The van der Waals surface area contributed by atoms with Gasteiger partial charge in [-0.15, -0.1) is 0 Å². The molecule has 1 aromatic carbocycles. The van der Waals surface area contributed by atoms with Crippen molar-refractivity contribution in [2.45, 2.75) is 32.2 Å². The molecule has 3 heteroatoms. The van der Waals surface area contributed by atoms with Crippen molar-refractivity contribution in [1.29, 1.82) is 0 Å². The third-order valence-electron chi connectivity index (χ3n) is 2.79. The number of benzene rings is 1. The molecule has 0 radical (unpaired) electrons. The van der Waals surface area contributed by atoms with Gasteiger partial charge in [-0.25, -0.2) is 0 Å². The molecular weight excluding hydrogens is 204 g/mol. The first-order valence-electron chi connectivity index (χ1n) is 5.63. The van der Waals surface area contributed by atoms with Crippen molar-refractivity contribution in [1.82, 2.24) is 0 Å². The molecule has 0 aromatic heterocycles. The van der Waals surface area contributed by atoms with E-state index in [9.17, 15) is 0 Å². The van der Waals surface area contributed by atoms with Crippen LogP contribution in [0.25, 0.3) is 0 Å². The van der Waals surface area contributed by atoms with Gasteiger partial charge in [0.2, 0.25) is 0 Å². The van der Waals surface area contributed by atoms with Gasteiger partial charge in [0, 0.05) is 6.61 Å². The Labute approximate surface area is 96.0 Å². The van der Waals surface area contributed by atoms with Crippen LogP contribution in [0.2, 0.25) is 0 Å². The lowest BCUT2D eigenvalue weighted by Crippen LogP contribution is -2.19. The summed E-state index contributed by atoms with van der Waals surface area (Å²) in [5.74, 6) is -0.503. The summed E-state index contributed by atoms with van der Waals surface area (Å²) in [5, 5.41) is 9.02. The minimum absolute atomic E-state index is 0.0160. The first kappa shape index (κ1) is 11.6. The molecule has 0 amide bonds. The number of rotatable bonds is 3. The molecule has 88 valence electrons. The van der Waals surface area contributed by atoms with Crippen LogP contribution in [0.15, 0.2) is 24.3 Å². The summed E-state index contributed by atoms with van der Waals surface area (Å²) in [6, 6.07) is 8.04. The zero-order valence-electron chi connectivity index (χ0n) is 9.77. The van der Waals surface area contributed by atoms with Crippen LogP contribution in [0.5, 0.6) is 0 Å². The third kappa shape index (κ3) is 2.43. The highest BCUT2D eigenvalue weighted by Crippen LogP contribution is 2.34. The summed E-state index contributed by atoms with van der Waals surface area (Å²) in [4.78, 5) is 0. The maximum absolute atomic E-state index is 9.02. The predicted octanol–water partition coefficient (Wildman–Crippen LogP) is 2.05. The lowest BCUT2D eigenvalue weighted by Gasteiger charge is -2.18. The Morgan fingerprint density at radius 2 is 2.12 bits per heavy atom. The van der Waals surface area contributed by atoms with Gasteiger partial charge in [-0.1, -0.05) is 24.3 Å². The fraction of sp³-hybridized carbons (Fsp3) is 0.538. The molecule has 0 aliphatic carbocycles. The maximum Gasteiger partial charge on any atom is 0.163 e. The van der Waals surface area contributed by atoms with E-state index >= 15 is 0 Å². The number of aliphatic hydroxyl groups is 1. The van der Waals surface area contributed by atoms with Crippen molar-refractivity contribution in [2.24, 2.45) is 0 Å². The normalized spacial score (nSPS) is 23.6. The highest BCUT2D eigenvalue weighted by molar-refractivity contribution is 5.30. The van der Waals surface area contributed by atoms with Crippen LogP contribution >= 0.6 is 0 Å². The van der Waals surface area contributed by atoms with Gasteiger partial charge in [0.1, 0.15) is 6.10 Å². The van der Waals surface area contributed by atoms with Crippen LogP contribution in [0, 0.1) is 0 Å². The molecule has 1 heterocycles. The van der Waals surface area contributed by atoms with Crippen molar-refractivity contribution >= 4 is 0 Å². The predicted molar refractivity (Wildman–Crippen MR) is 61.1 cm³/mol. The van der Waals surface area contributed by atoms with E-state index in [-0.39, 0.29) is 12.7 Å². The highest BCUT2D eigenvalue weighted by Gasteiger charge is 2.34. The number of hydrogen-bond acceptors (Lipinski definition) is 3. The fourth-order valence-corrected chi connectivity index (χ4v) is 2.04. The summed E-state index contributed by atoms with van der Waals surface area (Å²) in [7, 11) is 0. The lowest BCUT2D eigenvalue weighted by molar-refractivity contribution is -0.139. The third-order valence-corrected chi connectivity index (χ3v) is 2.79. The lowest BCUT2D eigenvalue weighted by atomic mass is 10.0. The van der Waals surface area contributed by atoms with E-state index in [1.165, 1.54) is 0 Å². The average Bonchev–Trinajstić information content (AvgIpc) is 2.60. The Morgan fingerprint density at radius 1 is 1.38 bits per heavy atom. The van der Waals surface area contributed by atoms with E-state index in [4.69, 9.17) is 14.6 Å². The van der Waals surface area contributed by atoms with Crippen LogP contribution in [-0.4, -0.2) is 24.1 Å². The molecule has 0 bridgehead atoms. The fourth-order valence-electron chi connectivity index (χ4n) is 2.04. The standard InChI is InChI=1S/C13H18O3/c1-13(2)15-9-12(16-13)11-6-4-3-5-10(11)7-8-14/h3-6,12,14H,7-9H2,1-2H3. The van der Waals surface area contributed by atoms with E-state index in [0.717, 1.165) is 11.1 Å². The quantitative estimate of drug-likeness (QED) is 0.850. The largest absolute Gasteiger partial charge is 0.396 e. The monoisotopic (exact) mass is 222 g/mol. The van der Waals surface area contributed by atoms with Gasteiger partial charge in [-0.2, -0.15) is 0 Å². The molecule has 0 spiro atoms. The molecule has 0 saturated carbocycles. The summed E-state index contributed by atoms with van der Waals surface area (Å²) in [6.07, 6.45) is 0.647. The van der Waals surface area contributed by atoms with Gasteiger partial charge in [-0.3, -0.25) is 0 Å². The molecule has 2 rings (SSSR count). The molecule has 3 nitrogen and oxygen atoms in total. The SMILES string of the molecule is CC1(C)OCC(c2ccccc2CCO)O1. The van der Waals surface area contributed by atoms with Crippen molar-refractivity contribution in [3.8, 4) is 0 Å². The molecule has 16 heavy (non-hydrogen) atoms. The van der Waals surface area contributed by atoms with E-state index in [1.54, 1.807) is 0 Å². The smallest absolute Gasteiger partial charge is 0.163 e. The minimum atomic E-state index is -0.503. The second kappa shape index (κ2) is 4.53. The van der Waals surface area contributed by atoms with Crippen molar-refractivity contribution in [3.63, 3.8) is 0 Å². The summed E-state index contributed by atoms with van der Waals surface area (Å²) >= 11 is 0. The Hall–Kier alpha value is -0.900. The average molecular weight is 222 g/mol. The van der Waals surface area contributed by atoms with Crippen LogP contribution in [0.1, 0.15) is 31.1 Å². The van der Waals surface area contributed by atoms with Gasteiger partial charge in [0.25, 0.3) is 0 Å². The first-order chi connectivity index (χ1) is 7.62. The van der Waals surface area contributed by atoms with Gasteiger partial charge in [0.15, 0.2) is 5.79 Å². The van der Waals surface area contributed by atoms with Crippen molar-refractivity contribution < 1.29 is 14.6 Å². The van der Waals surface area contributed by atoms with Crippen molar-refractivity contribution in [3.05, 3.63) is 35.4 Å². The maximum atomic E-state index is 9.02. The Bertz CT molecular complexity index is 360. The minimum Gasteiger partial charge on any atom is -0.396 e. The molecular formula is C13H18O3. The van der Waals surface area contributed by atoms with E-state index in [2.05, 4.69) is 0 Å². The van der Waals surface area contributed by atoms with E-state index in [1.807, 2.05) is 38.1 Å².